The van der Waals surface area contributed by atoms with Crippen LogP contribution in [-0.4, -0.2) is 129 Å². The Kier molecular flexibility index (Phi) is 9.81. The zero-order valence-corrected chi connectivity index (χ0v) is 27.8. The van der Waals surface area contributed by atoms with Crippen molar-refractivity contribution in [1.29, 1.82) is 0 Å². The van der Waals surface area contributed by atoms with E-state index < -0.39 is 79.7 Å². The van der Waals surface area contributed by atoms with Crippen LogP contribution in [0, 0.1) is 28.6 Å². The Morgan fingerprint density at radius 1 is 0.891 bits per heavy atom. The van der Waals surface area contributed by atoms with E-state index in [0.29, 0.717) is 12.3 Å². The third-order valence-corrected chi connectivity index (χ3v) is 13.4. The number of hydrogen-bond acceptors (Lipinski definition) is 12. The summed E-state index contributed by atoms with van der Waals surface area (Å²) in [5.74, 6) is 0.630. The van der Waals surface area contributed by atoms with Crippen molar-refractivity contribution in [2.45, 2.75) is 158 Å². The Labute approximate surface area is 271 Å². The number of rotatable bonds is 7. The Balaban J connectivity index is 1.12. The minimum atomic E-state index is -1.60. The Bertz CT molecular complexity index is 1120. The molecule has 2 saturated heterocycles. The molecule has 5 fully saturated rings. The zero-order chi connectivity index (χ0) is 33.3. The number of aliphatic hydroxyl groups is 7. The number of hydrogen-bond donors (Lipinski definition) is 7. The maximum absolute atomic E-state index is 12.3. The van der Waals surface area contributed by atoms with Crippen molar-refractivity contribution in [3.63, 3.8) is 0 Å². The largest absolute Gasteiger partial charge is 0.394 e. The molecule has 0 bridgehead atoms. The van der Waals surface area contributed by atoms with E-state index in [1.54, 1.807) is 6.92 Å². The maximum atomic E-state index is 12.3. The highest BCUT2D eigenvalue weighted by Gasteiger charge is 2.67. The quantitative estimate of drug-likeness (QED) is 0.191. The Morgan fingerprint density at radius 3 is 2.28 bits per heavy atom. The number of ether oxygens (including phenoxy) is 5. The van der Waals surface area contributed by atoms with E-state index in [2.05, 4.69) is 19.9 Å². The van der Waals surface area contributed by atoms with Gasteiger partial charge in [-0.2, -0.15) is 0 Å². The highest BCUT2D eigenvalue weighted by molar-refractivity contribution is 5.28. The molecule has 0 aromatic carbocycles. The van der Waals surface area contributed by atoms with Crippen molar-refractivity contribution < 1.29 is 59.4 Å². The van der Waals surface area contributed by atoms with Gasteiger partial charge in [0.15, 0.2) is 12.6 Å². The van der Waals surface area contributed by atoms with E-state index in [4.69, 9.17) is 23.7 Å². The summed E-state index contributed by atoms with van der Waals surface area (Å²) in [4.78, 5) is 0. The maximum Gasteiger partial charge on any atom is 0.187 e. The molecule has 6 rings (SSSR count). The molecule has 0 aromatic heterocycles. The highest BCUT2D eigenvalue weighted by atomic mass is 16.7. The summed E-state index contributed by atoms with van der Waals surface area (Å²) in [5.41, 5.74) is 0.224. The Hall–Kier alpha value is -0.740. The van der Waals surface area contributed by atoms with Gasteiger partial charge >= 0.3 is 0 Å². The van der Waals surface area contributed by atoms with E-state index >= 15 is 0 Å². The molecule has 0 aromatic rings. The van der Waals surface area contributed by atoms with Crippen molar-refractivity contribution in [1.82, 2.24) is 0 Å². The molecular weight excluding hydrogens is 600 g/mol. The first-order valence-electron chi connectivity index (χ1n) is 17.3. The van der Waals surface area contributed by atoms with Gasteiger partial charge in [0, 0.05) is 12.5 Å². The van der Waals surface area contributed by atoms with Crippen molar-refractivity contribution in [3.05, 3.63) is 11.6 Å². The summed E-state index contributed by atoms with van der Waals surface area (Å²) in [5, 5.41) is 74.5. The second-order valence-electron chi connectivity index (χ2n) is 15.6. The summed E-state index contributed by atoms with van der Waals surface area (Å²) in [6.45, 7) is 7.55. The van der Waals surface area contributed by atoms with Gasteiger partial charge < -0.3 is 59.4 Å². The van der Waals surface area contributed by atoms with Gasteiger partial charge in [-0.1, -0.05) is 25.5 Å². The number of methoxy groups -OCH3 is 1. The van der Waals surface area contributed by atoms with Crippen LogP contribution in [0.25, 0.3) is 0 Å². The number of fused-ring (bicyclic) bond motifs is 5. The molecule has 3 saturated carbocycles. The molecule has 4 aliphatic carbocycles. The van der Waals surface area contributed by atoms with Crippen LogP contribution in [0.15, 0.2) is 11.6 Å². The van der Waals surface area contributed by atoms with E-state index in [9.17, 15) is 35.7 Å². The summed E-state index contributed by atoms with van der Waals surface area (Å²) in [6, 6.07) is 0. The van der Waals surface area contributed by atoms with Crippen LogP contribution >= 0.6 is 0 Å². The van der Waals surface area contributed by atoms with Gasteiger partial charge in [-0.05, 0) is 88.4 Å². The summed E-state index contributed by atoms with van der Waals surface area (Å²) in [7, 11) is 1.43. The second kappa shape index (κ2) is 12.9. The van der Waals surface area contributed by atoms with Crippen LogP contribution in [0.4, 0.5) is 0 Å². The van der Waals surface area contributed by atoms with Crippen molar-refractivity contribution in [3.8, 4) is 0 Å². The molecule has 12 heteroatoms. The Morgan fingerprint density at radius 2 is 1.61 bits per heavy atom. The van der Waals surface area contributed by atoms with Crippen LogP contribution in [0.2, 0.25) is 0 Å². The average molecular weight is 657 g/mol. The lowest BCUT2D eigenvalue weighted by molar-refractivity contribution is -0.361. The fraction of sp³-hybridized carbons (Fsp3) is 0.941. The molecule has 2 aliphatic heterocycles. The predicted molar refractivity (Wildman–Crippen MR) is 163 cm³/mol. The van der Waals surface area contributed by atoms with Gasteiger partial charge in [-0.3, -0.25) is 0 Å². The topological polar surface area (TPSA) is 188 Å². The molecule has 0 amide bonds. The normalized spacial score (nSPS) is 54.7. The number of aliphatic hydroxyl groups excluding tert-OH is 6. The molecule has 0 spiro atoms. The minimum absolute atomic E-state index is 0.0541. The summed E-state index contributed by atoms with van der Waals surface area (Å²) >= 11 is 0. The molecule has 7 N–H and O–H groups in total. The smallest absolute Gasteiger partial charge is 0.187 e. The molecule has 18 atom stereocenters. The first-order valence-corrected chi connectivity index (χ1v) is 17.3. The van der Waals surface area contributed by atoms with E-state index in [1.807, 2.05) is 6.92 Å². The molecule has 18 unspecified atom stereocenters. The number of allylic oxidation sites excluding steroid dienone is 1. The zero-order valence-electron chi connectivity index (χ0n) is 27.8. The van der Waals surface area contributed by atoms with E-state index in [-0.39, 0.29) is 28.8 Å². The van der Waals surface area contributed by atoms with Crippen LogP contribution in [0.3, 0.4) is 0 Å². The lowest BCUT2D eigenvalue weighted by Crippen LogP contribution is -2.64. The molecule has 12 nitrogen and oxygen atoms in total. The SMILES string of the molecule is COC1C(O)C(OC2CCC3(C)C(=CCC4C3CCC3(C)C(C(C)O)CCC43O)C2)OC(C)C1OC1OC(CO)C(O)C(O)C1O. The third kappa shape index (κ3) is 5.43. The van der Waals surface area contributed by atoms with Crippen molar-refractivity contribution >= 4 is 0 Å². The van der Waals surface area contributed by atoms with Gasteiger partial charge in [0.05, 0.1) is 30.5 Å². The van der Waals surface area contributed by atoms with Crippen molar-refractivity contribution in [2.24, 2.45) is 28.6 Å². The minimum Gasteiger partial charge on any atom is -0.394 e. The highest BCUT2D eigenvalue weighted by Crippen LogP contribution is 2.68. The van der Waals surface area contributed by atoms with Gasteiger partial charge in [-0.25, -0.2) is 0 Å². The predicted octanol–water partition coefficient (Wildman–Crippen LogP) is 0.752. The monoisotopic (exact) mass is 656 g/mol. The average Bonchev–Trinajstić information content (AvgIpc) is 3.31. The third-order valence-electron chi connectivity index (χ3n) is 13.4. The van der Waals surface area contributed by atoms with Crippen LogP contribution in [0.5, 0.6) is 0 Å². The molecule has 46 heavy (non-hydrogen) atoms. The molecule has 2 heterocycles. The van der Waals surface area contributed by atoms with E-state index in [0.717, 1.165) is 44.9 Å². The van der Waals surface area contributed by atoms with Crippen LogP contribution in [0.1, 0.15) is 79.1 Å². The second-order valence-corrected chi connectivity index (χ2v) is 15.6. The standard InChI is InChI=1S/C34H56O12/c1-16(36)20-10-13-34(41)22-7-6-18-14-19(8-11-32(18,3)21(22)9-12-33(20,34)4)44-31-27(40)29(42-5)28(17(2)43-31)46-30-26(39)25(38)24(37)23(15-35)45-30/h6,16-17,19-31,35-41H,7-15H2,1-5H3. The van der Waals surface area contributed by atoms with Gasteiger partial charge in [-0.15, -0.1) is 0 Å². The van der Waals surface area contributed by atoms with Gasteiger partial charge in [0.2, 0.25) is 0 Å². The van der Waals surface area contributed by atoms with Crippen LogP contribution in [-0.2, 0) is 23.7 Å². The summed E-state index contributed by atoms with van der Waals surface area (Å²) in [6.07, 6.45) is -3.55. The molecule has 0 radical (unpaired) electrons. The molecule has 6 aliphatic rings. The lowest BCUT2D eigenvalue weighted by Gasteiger charge is -2.61. The van der Waals surface area contributed by atoms with Crippen LogP contribution < -0.4 is 0 Å². The first kappa shape index (κ1) is 35.1. The summed E-state index contributed by atoms with van der Waals surface area (Å²) < 4.78 is 29.7. The van der Waals surface area contributed by atoms with Gasteiger partial charge in [0.25, 0.3) is 0 Å². The lowest BCUT2D eigenvalue weighted by atomic mass is 9.45. The van der Waals surface area contributed by atoms with Crippen molar-refractivity contribution in [2.75, 3.05) is 13.7 Å². The molecule has 264 valence electrons. The fourth-order valence-electron chi connectivity index (χ4n) is 10.6. The fourth-order valence-corrected chi connectivity index (χ4v) is 10.6. The van der Waals surface area contributed by atoms with Gasteiger partial charge in [0.1, 0.15) is 42.7 Å². The van der Waals surface area contributed by atoms with E-state index in [1.165, 1.54) is 12.7 Å². The first-order chi connectivity index (χ1) is 21.7. The molecular formula is C34H56O12.